The number of anilines is 1. The Hall–Kier alpha value is -1.06. The van der Waals surface area contributed by atoms with Crippen molar-refractivity contribution in [3.05, 3.63) is 40.9 Å². The summed E-state index contributed by atoms with van der Waals surface area (Å²) in [6, 6.07) is 14.6. The average Bonchev–Trinajstić information content (AvgIpc) is 2.53. The summed E-state index contributed by atoms with van der Waals surface area (Å²) in [7, 11) is 0. The maximum atomic E-state index is 3.67. The molecule has 21 heavy (non-hydrogen) atoms. The van der Waals surface area contributed by atoms with E-state index in [2.05, 4.69) is 76.4 Å². The van der Waals surface area contributed by atoms with E-state index < -0.39 is 0 Å². The molecular weight excluding hydrogens is 324 g/mol. The van der Waals surface area contributed by atoms with Gasteiger partial charge in [-0.3, -0.25) is 0 Å². The monoisotopic (exact) mass is 346 g/mol. The van der Waals surface area contributed by atoms with Gasteiger partial charge in [0, 0.05) is 35.3 Å². The second-order valence-electron chi connectivity index (χ2n) is 5.90. The van der Waals surface area contributed by atoms with Gasteiger partial charge in [0.2, 0.25) is 0 Å². The number of halogens is 1. The van der Waals surface area contributed by atoms with Gasteiger partial charge in [-0.1, -0.05) is 41.9 Å². The highest BCUT2D eigenvalue weighted by molar-refractivity contribution is 9.10. The van der Waals surface area contributed by atoms with Crippen molar-refractivity contribution in [2.45, 2.75) is 38.8 Å². The van der Waals surface area contributed by atoms with Gasteiger partial charge in [-0.05, 0) is 47.9 Å². The summed E-state index contributed by atoms with van der Waals surface area (Å²) in [4.78, 5) is 2.59. The zero-order valence-electron chi connectivity index (χ0n) is 12.8. The molecule has 1 N–H and O–H groups in total. The van der Waals surface area contributed by atoms with Gasteiger partial charge in [0.1, 0.15) is 0 Å². The fraction of sp³-hybridized carbons (Fsp3) is 0.444. The largest absolute Gasteiger partial charge is 0.366 e. The van der Waals surface area contributed by atoms with Crippen LogP contribution < -0.4 is 10.2 Å². The van der Waals surface area contributed by atoms with Crippen LogP contribution in [0.3, 0.4) is 0 Å². The number of hydrogen-bond acceptors (Lipinski definition) is 2. The summed E-state index contributed by atoms with van der Waals surface area (Å²) in [5.41, 5.74) is 1.36. The average molecular weight is 347 g/mol. The second-order valence-corrected chi connectivity index (χ2v) is 6.82. The Morgan fingerprint density at radius 1 is 1.10 bits per heavy atom. The fourth-order valence-corrected chi connectivity index (χ4v) is 3.58. The first-order chi connectivity index (χ1) is 10.2. The summed E-state index contributed by atoms with van der Waals surface area (Å²) in [5.74, 6) is 0. The van der Waals surface area contributed by atoms with Gasteiger partial charge in [-0.25, -0.2) is 0 Å². The van der Waals surface area contributed by atoms with Crippen molar-refractivity contribution in [3.8, 4) is 0 Å². The Bertz CT molecular complexity index is 626. The molecule has 3 rings (SSSR count). The summed E-state index contributed by atoms with van der Waals surface area (Å²) in [6.07, 6.45) is 2.37. The molecule has 1 heterocycles. The van der Waals surface area contributed by atoms with Crippen molar-refractivity contribution in [2.75, 3.05) is 18.0 Å². The molecule has 0 aliphatic carbocycles. The van der Waals surface area contributed by atoms with Gasteiger partial charge < -0.3 is 10.2 Å². The predicted octanol–water partition coefficient (Wildman–Crippen LogP) is 4.57. The molecule has 1 aliphatic rings. The van der Waals surface area contributed by atoms with Gasteiger partial charge in [0.25, 0.3) is 0 Å². The summed E-state index contributed by atoms with van der Waals surface area (Å²) >= 11 is 3.55. The molecule has 1 saturated heterocycles. The van der Waals surface area contributed by atoms with Crippen LogP contribution in [0.5, 0.6) is 0 Å². The standard InChI is InChI=1S/C18H23BrN2/c1-3-16-12-21(17(4-2)11-20-16)18-8-6-13-9-15(19)7-5-14(13)10-18/h5-10,16-17,20H,3-4,11-12H2,1-2H3. The summed E-state index contributed by atoms with van der Waals surface area (Å²) < 4.78 is 1.14. The van der Waals surface area contributed by atoms with Crippen molar-refractivity contribution in [2.24, 2.45) is 0 Å². The molecule has 3 heteroatoms. The summed E-state index contributed by atoms with van der Waals surface area (Å²) in [6.45, 7) is 6.74. The first kappa shape index (κ1) is 14.9. The lowest BCUT2D eigenvalue weighted by molar-refractivity contribution is 0.379. The first-order valence-corrected chi connectivity index (χ1v) is 8.70. The van der Waals surface area contributed by atoms with E-state index in [0.29, 0.717) is 12.1 Å². The van der Waals surface area contributed by atoms with Crippen molar-refractivity contribution in [1.82, 2.24) is 5.32 Å². The number of hydrogen-bond donors (Lipinski definition) is 1. The lowest BCUT2D eigenvalue weighted by Crippen LogP contribution is -2.56. The van der Waals surface area contributed by atoms with E-state index in [1.165, 1.54) is 29.3 Å². The minimum absolute atomic E-state index is 0.598. The smallest absolute Gasteiger partial charge is 0.0412 e. The van der Waals surface area contributed by atoms with Gasteiger partial charge in [-0.15, -0.1) is 0 Å². The molecule has 2 atom stereocenters. The first-order valence-electron chi connectivity index (χ1n) is 7.90. The molecule has 0 saturated carbocycles. The van der Waals surface area contributed by atoms with Crippen LogP contribution in [0.15, 0.2) is 40.9 Å². The molecule has 2 aromatic rings. The normalized spacial score (nSPS) is 22.7. The molecular formula is C18H23BrN2. The van der Waals surface area contributed by atoms with Crippen LogP contribution in [0.2, 0.25) is 0 Å². The molecule has 2 nitrogen and oxygen atoms in total. The van der Waals surface area contributed by atoms with Gasteiger partial charge in [0.05, 0.1) is 0 Å². The molecule has 0 aromatic heterocycles. The van der Waals surface area contributed by atoms with Crippen LogP contribution >= 0.6 is 15.9 Å². The van der Waals surface area contributed by atoms with Crippen LogP contribution in [0.1, 0.15) is 26.7 Å². The zero-order valence-corrected chi connectivity index (χ0v) is 14.4. The van der Waals surface area contributed by atoms with E-state index in [1.807, 2.05) is 0 Å². The molecule has 0 amide bonds. The molecule has 1 aliphatic heterocycles. The fourth-order valence-electron chi connectivity index (χ4n) is 3.20. The molecule has 2 unspecified atom stereocenters. The molecule has 0 radical (unpaired) electrons. The maximum Gasteiger partial charge on any atom is 0.0412 e. The quantitative estimate of drug-likeness (QED) is 0.875. The van der Waals surface area contributed by atoms with Crippen molar-refractivity contribution in [3.63, 3.8) is 0 Å². The third-order valence-corrected chi connectivity index (χ3v) is 5.07. The Labute approximate surface area is 135 Å². The number of rotatable bonds is 3. The number of fused-ring (bicyclic) bond motifs is 1. The van der Waals surface area contributed by atoms with Gasteiger partial charge in [0.15, 0.2) is 0 Å². The van der Waals surface area contributed by atoms with Crippen molar-refractivity contribution < 1.29 is 0 Å². The minimum atomic E-state index is 0.598. The van der Waals surface area contributed by atoms with E-state index >= 15 is 0 Å². The second kappa shape index (κ2) is 6.37. The molecule has 0 bridgehead atoms. The molecule has 112 valence electrons. The summed E-state index contributed by atoms with van der Waals surface area (Å²) in [5, 5.41) is 6.28. The van der Waals surface area contributed by atoms with Crippen LogP contribution in [-0.2, 0) is 0 Å². The van der Waals surface area contributed by atoms with Crippen LogP contribution in [0.25, 0.3) is 10.8 Å². The highest BCUT2D eigenvalue weighted by atomic mass is 79.9. The van der Waals surface area contributed by atoms with E-state index in [0.717, 1.165) is 17.6 Å². The van der Waals surface area contributed by atoms with E-state index in [9.17, 15) is 0 Å². The Morgan fingerprint density at radius 3 is 2.62 bits per heavy atom. The van der Waals surface area contributed by atoms with Gasteiger partial charge in [-0.2, -0.15) is 0 Å². The van der Waals surface area contributed by atoms with Crippen molar-refractivity contribution >= 4 is 32.4 Å². The number of benzene rings is 2. The predicted molar refractivity (Wildman–Crippen MR) is 95.2 cm³/mol. The van der Waals surface area contributed by atoms with E-state index in [-0.39, 0.29) is 0 Å². The van der Waals surface area contributed by atoms with Gasteiger partial charge >= 0.3 is 0 Å². The number of nitrogens with one attached hydrogen (secondary N) is 1. The minimum Gasteiger partial charge on any atom is -0.366 e. The van der Waals surface area contributed by atoms with Crippen molar-refractivity contribution in [1.29, 1.82) is 0 Å². The SMILES string of the molecule is CCC1CN(c2ccc3cc(Br)ccc3c2)C(CC)CN1. The topological polar surface area (TPSA) is 15.3 Å². The maximum absolute atomic E-state index is 3.67. The highest BCUT2D eigenvalue weighted by Crippen LogP contribution is 2.28. The lowest BCUT2D eigenvalue weighted by atomic mass is 10.0. The molecule has 2 aromatic carbocycles. The third-order valence-electron chi connectivity index (χ3n) is 4.58. The van der Waals surface area contributed by atoms with Crippen LogP contribution in [-0.4, -0.2) is 25.2 Å². The molecule has 1 fully saturated rings. The molecule has 0 spiro atoms. The number of piperazine rings is 1. The Morgan fingerprint density at radius 2 is 1.86 bits per heavy atom. The van der Waals surface area contributed by atoms with Crippen LogP contribution in [0.4, 0.5) is 5.69 Å². The lowest BCUT2D eigenvalue weighted by Gasteiger charge is -2.41. The van der Waals surface area contributed by atoms with E-state index in [1.54, 1.807) is 0 Å². The number of nitrogens with zero attached hydrogens (tertiary/aromatic N) is 1. The van der Waals surface area contributed by atoms with E-state index in [4.69, 9.17) is 0 Å². The zero-order chi connectivity index (χ0) is 14.8. The van der Waals surface area contributed by atoms with Crippen LogP contribution in [0, 0.1) is 0 Å². The highest BCUT2D eigenvalue weighted by Gasteiger charge is 2.25. The Kier molecular flexibility index (Phi) is 4.51. The third kappa shape index (κ3) is 3.09. The Balaban J connectivity index is 1.95.